The number of likely N-dealkylation sites (tertiary alicyclic amines) is 1. The van der Waals surface area contributed by atoms with E-state index in [0.717, 1.165) is 24.2 Å². The minimum absolute atomic E-state index is 0.0493. The van der Waals surface area contributed by atoms with Crippen LogP contribution in [0, 0.1) is 0 Å². The number of hydrogen-bond acceptors (Lipinski definition) is 5. The first-order chi connectivity index (χ1) is 12.1. The molecule has 1 aromatic carbocycles. The van der Waals surface area contributed by atoms with E-state index in [9.17, 15) is 9.59 Å². The highest BCUT2D eigenvalue weighted by molar-refractivity contribution is 5.86. The van der Waals surface area contributed by atoms with E-state index in [4.69, 9.17) is 9.84 Å². The molecule has 2 aromatic rings. The molecule has 1 fully saturated rings. The van der Waals surface area contributed by atoms with Crippen LogP contribution in [0.4, 0.5) is 0 Å². The summed E-state index contributed by atoms with van der Waals surface area (Å²) in [6.07, 6.45) is 3.10. The SMILES string of the molecule is O=C(O)c1cn(C2CCCN(C(=O)C3COc4ccccc43)C2)nn1. The number of carbonyl (C=O) groups excluding carboxylic acids is 1. The molecule has 1 saturated heterocycles. The monoisotopic (exact) mass is 342 g/mol. The van der Waals surface area contributed by atoms with Gasteiger partial charge < -0.3 is 14.7 Å². The Kier molecular flexibility index (Phi) is 3.87. The summed E-state index contributed by atoms with van der Waals surface area (Å²) in [5.74, 6) is -0.556. The highest BCUT2D eigenvalue weighted by Crippen LogP contribution is 2.35. The van der Waals surface area contributed by atoms with Gasteiger partial charge in [0.05, 0.1) is 12.2 Å². The maximum absolute atomic E-state index is 13.0. The van der Waals surface area contributed by atoms with Gasteiger partial charge in [0.2, 0.25) is 5.91 Å². The molecule has 0 bridgehead atoms. The molecule has 0 saturated carbocycles. The van der Waals surface area contributed by atoms with E-state index in [0.29, 0.717) is 19.7 Å². The van der Waals surface area contributed by atoms with Crippen LogP contribution in [0.5, 0.6) is 5.75 Å². The number of carbonyl (C=O) groups is 2. The van der Waals surface area contributed by atoms with Gasteiger partial charge in [-0.2, -0.15) is 0 Å². The summed E-state index contributed by atoms with van der Waals surface area (Å²) in [6, 6.07) is 7.56. The third kappa shape index (κ3) is 2.84. The Balaban J connectivity index is 1.49. The predicted octanol–water partition coefficient (Wildman–Crippen LogP) is 1.32. The Morgan fingerprint density at radius 1 is 1.28 bits per heavy atom. The van der Waals surface area contributed by atoms with Gasteiger partial charge in [-0.3, -0.25) is 4.79 Å². The molecule has 2 atom stereocenters. The van der Waals surface area contributed by atoms with Gasteiger partial charge in [-0.25, -0.2) is 9.48 Å². The number of amides is 1. The minimum atomic E-state index is -1.10. The third-order valence-corrected chi connectivity index (χ3v) is 4.81. The van der Waals surface area contributed by atoms with Crippen molar-refractivity contribution in [2.45, 2.75) is 24.8 Å². The second-order valence-electron chi connectivity index (χ2n) is 6.37. The molecule has 3 heterocycles. The van der Waals surface area contributed by atoms with Crippen molar-refractivity contribution in [2.24, 2.45) is 0 Å². The Hall–Kier alpha value is -2.90. The Morgan fingerprint density at radius 3 is 2.92 bits per heavy atom. The summed E-state index contributed by atoms with van der Waals surface area (Å²) in [5, 5.41) is 16.5. The van der Waals surface area contributed by atoms with Gasteiger partial charge in [0.1, 0.15) is 18.3 Å². The fourth-order valence-electron chi connectivity index (χ4n) is 3.51. The van der Waals surface area contributed by atoms with E-state index in [2.05, 4.69) is 10.3 Å². The van der Waals surface area contributed by atoms with Crippen LogP contribution in [0.15, 0.2) is 30.5 Å². The van der Waals surface area contributed by atoms with Crippen LogP contribution in [0.25, 0.3) is 0 Å². The molecule has 1 aromatic heterocycles. The average molecular weight is 342 g/mol. The lowest BCUT2D eigenvalue weighted by atomic mass is 9.97. The van der Waals surface area contributed by atoms with E-state index in [-0.39, 0.29) is 23.6 Å². The van der Waals surface area contributed by atoms with Crippen LogP contribution >= 0.6 is 0 Å². The van der Waals surface area contributed by atoms with Crippen molar-refractivity contribution < 1.29 is 19.4 Å². The number of nitrogens with zero attached hydrogens (tertiary/aromatic N) is 4. The van der Waals surface area contributed by atoms with Gasteiger partial charge in [0, 0.05) is 18.7 Å². The van der Waals surface area contributed by atoms with Gasteiger partial charge in [-0.1, -0.05) is 23.4 Å². The van der Waals surface area contributed by atoms with Crippen LogP contribution in [0.3, 0.4) is 0 Å². The maximum Gasteiger partial charge on any atom is 0.358 e. The number of carboxylic acid groups (broad SMARTS) is 1. The topological polar surface area (TPSA) is 97.5 Å². The van der Waals surface area contributed by atoms with Crippen molar-refractivity contribution in [1.29, 1.82) is 0 Å². The molecule has 0 radical (unpaired) electrons. The molecule has 0 spiro atoms. The zero-order chi connectivity index (χ0) is 17.4. The van der Waals surface area contributed by atoms with Gasteiger partial charge in [-0.05, 0) is 18.9 Å². The summed E-state index contributed by atoms with van der Waals surface area (Å²) in [7, 11) is 0. The van der Waals surface area contributed by atoms with E-state index < -0.39 is 5.97 Å². The number of para-hydroxylation sites is 1. The van der Waals surface area contributed by atoms with Crippen LogP contribution in [0.2, 0.25) is 0 Å². The number of aromatic nitrogens is 3. The number of ether oxygens (including phenoxy) is 1. The van der Waals surface area contributed by atoms with E-state index in [1.165, 1.54) is 6.20 Å². The summed E-state index contributed by atoms with van der Waals surface area (Å²) in [6.45, 7) is 1.56. The number of rotatable bonds is 3. The minimum Gasteiger partial charge on any atom is -0.492 e. The summed E-state index contributed by atoms with van der Waals surface area (Å²) in [4.78, 5) is 25.8. The fourth-order valence-corrected chi connectivity index (χ4v) is 3.51. The molecule has 2 unspecified atom stereocenters. The molecule has 0 aliphatic carbocycles. The number of benzene rings is 1. The van der Waals surface area contributed by atoms with Crippen LogP contribution in [-0.2, 0) is 4.79 Å². The predicted molar refractivity (Wildman–Crippen MR) is 86.5 cm³/mol. The molecule has 4 rings (SSSR count). The maximum atomic E-state index is 13.0. The third-order valence-electron chi connectivity index (χ3n) is 4.81. The normalized spacial score (nSPS) is 22.3. The standard InChI is InChI=1S/C17H18N4O4/c22-16(13-10-25-15-6-2-1-5-12(13)15)20-7-3-4-11(8-20)21-9-14(17(23)24)18-19-21/h1-2,5-6,9,11,13H,3-4,7-8,10H2,(H,23,24). The average Bonchev–Trinajstić information content (AvgIpc) is 3.28. The second-order valence-corrected chi connectivity index (χ2v) is 6.37. The van der Waals surface area contributed by atoms with Crippen LogP contribution in [-0.4, -0.2) is 56.6 Å². The van der Waals surface area contributed by atoms with Crippen molar-refractivity contribution in [3.8, 4) is 5.75 Å². The van der Waals surface area contributed by atoms with E-state index in [1.807, 2.05) is 29.2 Å². The van der Waals surface area contributed by atoms with Crippen molar-refractivity contribution in [2.75, 3.05) is 19.7 Å². The molecular formula is C17H18N4O4. The number of aromatic carboxylic acids is 1. The summed E-state index contributed by atoms with van der Waals surface area (Å²) >= 11 is 0. The number of fused-ring (bicyclic) bond motifs is 1. The van der Waals surface area contributed by atoms with Crippen molar-refractivity contribution in [1.82, 2.24) is 19.9 Å². The number of carboxylic acids is 1. The molecule has 8 nitrogen and oxygen atoms in total. The Labute approximate surface area is 144 Å². The van der Waals surface area contributed by atoms with Crippen molar-refractivity contribution in [3.63, 3.8) is 0 Å². The first-order valence-corrected chi connectivity index (χ1v) is 8.29. The van der Waals surface area contributed by atoms with Gasteiger partial charge in [-0.15, -0.1) is 5.10 Å². The molecule has 2 aliphatic rings. The fraction of sp³-hybridized carbons (Fsp3) is 0.412. The van der Waals surface area contributed by atoms with Crippen molar-refractivity contribution in [3.05, 3.63) is 41.7 Å². The number of piperidine rings is 1. The van der Waals surface area contributed by atoms with Gasteiger partial charge >= 0.3 is 5.97 Å². The highest BCUT2D eigenvalue weighted by atomic mass is 16.5. The molecule has 130 valence electrons. The lowest BCUT2D eigenvalue weighted by Gasteiger charge is -2.33. The van der Waals surface area contributed by atoms with E-state index in [1.54, 1.807) is 4.68 Å². The first-order valence-electron chi connectivity index (χ1n) is 8.29. The number of hydrogen-bond donors (Lipinski definition) is 1. The second kappa shape index (κ2) is 6.19. The molecule has 25 heavy (non-hydrogen) atoms. The lowest BCUT2D eigenvalue weighted by molar-refractivity contribution is -0.134. The molecule has 2 aliphatic heterocycles. The zero-order valence-electron chi connectivity index (χ0n) is 13.5. The van der Waals surface area contributed by atoms with E-state index >= 15 is 0 Å². The molecule has 8 heteroatoms. The van der Waals surface area contributed by atoms with Crippen molar-refractivity contribution >= 4 is 11.9 Å². The zero-order valence-corrected chi connectivity index (χ0v) is 13.5. The molecular weight excluding hydrogens is 324 g/mol. The quantitative estimate of drug-likeness (QED) is 0.903. The summed E-state index contributed by atoms with van der Waals surface area (Å²) < 4.78 is 7.18. The highest BCUT2D eigenvalue weighted by Gasteiger charge is 2.35. The Morgan fingerprint density at radius 2 is 2.12 bits per heavy atom. The van der Waals surface area contributed by atoms with Crippen LogP contribution in [0.1, 0.15) is 40.9 Å². The largest absolute Gasteiger partial charge is 0.492 e. The smallest absolute Gasteiger partial charge is 0.358 e. The van der Waals surface area contributed by atoms with Gasteiger partial charge in [0.25, 0.3) is 0 Å². The molecule has 1 N–H and O–H groups in total. The van der Waals surface area contributed by atoms with Crippen LogP contribution < -0.4 is 4.74 Å². The molecule has 1 amide bonds. The Bertz CT molecular complexity index is 818. The van der Waals surface area contributed by atoms with Gasteiger partial charge in [0.15, 0.2) is 5.69 Å². The summed E-state index contributed by atoms with van der Waals surface area (Å²) in [5.41, 5.74) is 0.852. The first kappa shape index (κ1) is 15.6. The lowest BCUT2D eigenvalue weighted by Crippen LogP contribution is -2.43.